The van der Waals surface area contributed by atoms with Gasteiger partial charge in [-0.3, -0.25) is 9.36 Å². The summed E-state index contributed by atoms with van der Waals surface area (Å²) in [5.41, 5.74) is 11.1. The van der Waals surface area contributed by atoms with Gasteiger partial charge in [-0.2, -0.15) is 0 Å². The first kappa shape index (κ1) is 17.8. The topological polar surface area (TPSA) is 96.8 Å². The van der Waals surface area contributed by atoms with Crippen LogP contribution in [0.5, 0.6) is 0 Å². The van der Waals surface area contributed by atoms with E-state index in [-0.39, 0.29) is 17.1 Å². The minimum Gasteiger partial charge on any atom is -0.448 e. The first-order valence-electron chi connectivity index (χ1n) is 9.10. The van der Waals surface area contributed by atoms with Crippen molar-refractivity contribution in [3.63, 3.8) is 0 Å². The number of fused-ring (bicyclic) bond motifs is 3. The minimum atomic E-state index is -0.570. The van der Waals surface area contributed by atoms with Crippen molar-refractivity contribution in [2.75, 3.05) is 0 Å². The number of nitrogens with zero attached hydrogens (tertiary/aromatic N) is 5. The number of hydrogen-bond donors (Lipinski definition) is 0. The molecule has 4 aromatic rings. The zero-order valence-electron chi connectivity index (χ0n) is 15.6. The van der Waals surface area contributed by atoms with Crippen molar-refractivity contribution in [3.05, 3.63) is 86.8 Å². The number of furan rings is 1. The molecule has 1 unspecified atom stereocenters. The summed E-state index contributed by atoms with van der Waals surface area (Å²) >= 11 is 0. The van der Waals surface area contributed by atoms with Crippen molar-refractivity contribution in [1.82, 2.24) is 9.55 Å². The molecule has 0 aliphatic heterocycles. The zero-order chi connectivity index (χ0) is 19.7. The Morgan fingerprint density at radius 2 is 1.86 bits per heavy atom. The molecule has 0 spiro atoms. The van der Waals surface area contributed by atoms with E-state index in [2.05, 4.69) is 10.0 Å². The van der Waals surface area contributed by atoms with E-state index in [4.69, 9.17) is 14.9 Å². The summed E-state index contributed by atoms with van der Waals surface area (Å²) in [6, 6.07) is 16.5. The summed E-state index contributed by atoms with van der Waals surface area (Å²) in [7, 11) is 0. The molecule has 0 bridgehead atoms. The molecule has 0 N–H and O–H groups in total. The lowest BCUT2D eigenvalue weighted by Gasteiger charge is -2.19. The Bertz CT molecular complexity index is 1250. The van der Waals surface area contributed by atoms with Crippen LogP contribution in [0.2, 0.25) is 0 Å². The lowest BCUT2D eigenvalue weighted by atomic mass is 10.0. The summed E-state index contributed by atoms with van der Waals surface area (Å²) in [4.78, 5) is 21.1. The maximum Gasteiger partial charge on any atom is 0.297 e. The maximum absolute atomic E-state index is 13.3. The predicted octanol–water partition coefficient (Wildman–Crippen LogP) is 5.20. The SMILES string of the molecule is CC(C)C(N=[N+]=[N-])c1nc2c(oc3ccccc32)c(=O)n1Cc1ccccc1. The van der Waals surface area contributed by atoms with Gasteiger partial charge in [-0.25, -0.2) is 4.98 Å². The molecule has 0 aliphatic carbocycles. The highest BCUT2D eigenvalue weighted by Gasteiger charge is 2.24. The van der Waals surface area contributed by atoms with Crippen molar-refractivity contribution >= 4 is 22.1 Å². The largest absolute Gasteiger partial charge is 0.448 e. The van der Waals surface area contributed by atoms with Gasteiger partial charge < -0.3 is 4.42 Å². The van der Waals surface area contributed by atoms with Gasteiger partial charge in [0.1, 0.15) is 16.9 Å². The number of azide groups is 1. The lowest BCUT2D eigenvalue weighted by Crippen LogP contribution is -2.28. The lowest BCUT2D eigenvalue weighted by molar-refractivity contribution is 0.460. The van der Waals surface area contributed by atoms with E-state index in [1.54, 1.807) is 4.57 Å². The van der Waals surface area contributed by atoms with Crippen LogP contribution < -0.4 is 5.56 Å². The molecule has 2 aromatic heterocycles. The van der Waals surface area contributed by atoms with Gasteiger partial charge in [-0.15, -0.1) is 0 Å². The number of benzene rings is 2. The zero-order valence-corrected chi connectivity index (χ0v) is 15.6. The first-order chi connectivity index (χ1) is 13.6. The molecule has 2 aromatic carbocycles. The summed E-state index contributed by atoms with van der Waals surface area (Å²) in [5, 5.41) is 4.71. The fourth-order valence-corrected chi connectivity index (χ4v) is 3.37. The number of aromatic nitrogens is 2. The maximum atomic E-state index is 13.3. The second kappa shape index (κ2) is 7.21. The van der Waals surface area contributed by atoms with E-state index in [1.807, 2.05) is 68.4 Å². The van der Waals surface area contributed by atoms with Gasteiger partial charge >= 0.3 is 0 Å². The molecule has 1 atom stereocenters. The molecule has 0 fully saturated rings. The predicted molar refractivity (Wildman–Crippen MR) is 108 cm³/mol. The van der Waals surface area contributed by atoms with E-state index in [0.717, 1.165) is 10.9 Å². The van der Waals surface area contributed by atoms with E-state index in [1.165, 1.54) is 0 Å². The number of para-hydroxylation sites is 1. The summed E-state index contributed by atoms with van der Waals surface area (Å²) in [5.74, 6) is 0.418. The molecule has 4 rings (SSSR count). The van der Waals surface area contributed by atoms with Gasteiger partial charge in [-0.1, -0.05) is 61.4 Å². The monoisotopic (exact) mass is 373 g/mol. The fourth-order valence-electron chi connectivity index (χ4n) is 3.37. The van der Waals surface area contributed by atoms with Crippen LogP contribution in [-0.4, -0.2) is 9.55 Å². The van der Waals surface area contributed by atoms with Crippen LogP contribution in [0.4, 0.5) is 0 Å². The van der Waals surface area contributed by atoms with Crippen LogP contribution in [0.15, 0.2) is 68.9 Å². The highest BCUT2D eigenvalue weighted by molar-refractivity contribution is 6.01. The third-order valence-corrected chi connectivity index (χ3v) is 4.77. The van der Waals surface area contributed by atoms with E-state index in [9.17, 15) is 4.79 Å². The van der Waals surface area contributed by atoms with Crippen LogP contribution in [0.3, 0.4) is 0 Å². The van der Waals surface area contributed by atoms with Crippen LogP contribution in [0.25, 0.3) is 32.5 Å². The molecule has 2 heterocycles. The van der Waals surface area contributed by atoms with Gasteiger partial charge in [0, 0.05) is 10.3 Å². The smallest absolute Gasteiger partial charge is 0.297 e. The van der Waals surface area contributed by atoms with Gasteiger partial charge in [-0.05, 0) is 29.1 Å². The van der Waals surface area contributed by atoms with E-state index in [0.29, 0.717) is 23.5 Å². The molecule has 7 heteroatoms. The quantitative estimate of drug-likeness (QED) is 0.273. The Kier molecular flexibility index (Phi) is 4.59. The molecule has 140 valence electrons. The van der Waals surface area contributed by atoms with Gasteiger partial charge in [0.2, 0.25) is 5.58 Å². The Hall–Kier alpha value is -3.57. The van der Waals surface area contributed by atoms with Crippen molar-refractivity contribution in [2.24, 2.45) is 11.0 Å². The van der Waals surface area contributed by atoms with Crippen LogP contribution >= 0.6 is 0 Å². The van der Waals surface area contributed by atoms with Crippen molar-refractivity contribution < 1.29 is 4.42 Å². The Labute approximate surface area is 160 Å². The van der Waals surface area contributed by atoms with Gasteiger partial charge in [0.05, 0.1) is 12.6 Å². The molecule has 0 radical (unpaired) electrons. The van der Waals surface area contributed by atoms with Crippen LogP contribution in [0, 0.1) is 5.92 Å². The molecule has 0 saturated heterocycles. The normalized spacial score (nSPS) is 12.4. The second-order valence-corrected chi connectivity index (χ2v) is 7.02. The highest BCUT2D eigenvalue weighted by atomic mass is 16.3. The minimum absolute atomic E-state index is 0.0274. The molecular weight excluding hydrogens is 354 g/mol. The molecule has 0 amide bonds. The Balaban J connectivity index is 2.04. The summed E-state index contributed by atoms with van der Waals surface area (Å²) < 4.78 is 7.37. The first-order valence-corrected chi connectivity index (χ1v) is 9.10. The summed E-state index contributed by atoms with van der Waals surface area (Å²) in [6.07, 6.45) is 0. The fraction of sp³-hybridized carbons (Fsp3) is 0.238. The molecule has 7 nitrogen and oxygen atoms in total. The standard InChI is InChI=1S/C21H19N5O2/c1-13(2)17(24-25-22)20-23-18-15-10-6-7-11-16(15)28-19(18)21(27)26(20)12-14-8-4-3-5-9-14/h3-11,13,17H,12H2,1-2H3. The van der Waals surface area contributed by atoms with Crippen molar-refractivity contribution in [1.29, 1.82) is 0 Å². The Morgan fingerprint density at radius 3 is 2.57 bits per heavy atom. The highest BCUT2D eigenvalue weighted by Crippen LogP contribution is 2.30. The third-order valence-electron chi connectivity index (χ3n) is 4.77. The van der Waals surface area contributed by atoms with E-state index < -0.39 is 6.04 Å². The number of rotatable bonds is 5. The molecule has 28 heavy (non-hydrogen) atoms. The average molecular weight is 373 g/mol. The average Bonchev–Trinajstić information content (AvgIpc) is 3.08. The molecular formula is C21H19N5O2. The van der Waals surface area contributed by atoms with Gasteiger partial charge in [0.15, 0.2) is 0 Å². The summed E-state index contributed by atoms with van der Waals surface area (Å²) in [6.45, 7) is 4.20. The van der Waals surface area contributed by atoms with Crippen molar-refractivity contribution in [3.8, 4) is 0 Å². The van der Waals surface area contributed by atoms with Crippen LogP contribution in [0.1, 0.15) is 31.3 Å². The molecule has 0 saturated carbocycles. The number of hydrogen-bond acceptors (Lipinski definition) is 4. The van der Waals surface area contributed by atoms with Crippen molar-refractivity contribution in [2.45, 2.75) is 26.4 Å². The Morgan fingerprint density at radius 1 is 1.14 bits per heavy atom. The van der Waals surface area contributed by atoms with Gasteiger partial charge in [0.25, 0.3) is 5.56 Å². The third kappa shape index (κ3) is 3.02. The second-order valence-electron chi connectivity index (χ2n) is 7.02. The van der Waals surface area contributed by atoms with E-state index >= 15 is 0 Å². The molecule has 0 aliphatic rings. The van der Waals surface area contributed by atoms with Crippen LogP contribution in [-0.2, 0) is 6.54 Å².